The van der Waals surface area contributed by atoms with Crippen LogP contribution in [0, 0.1) is 17.0 Å². The van der Waals surface area contributed by atoms with Crippen molar-refractivity contribution in [2.45, 2.75) is 39.2 Å². The van der Waals surface area contributed by atoms with Crippen LogP contribution in [0.1, 0.15) is 50.5 Å². The van der Waals surface area contributed by atoms with Gasteiger partial charge in [0.2, 0.25) is 0 Å². The number of hydrogen-bond acceptors (Lipinski definition) is 5. The molecule has 7 nitrogen and oxygen atoms in total. The van der Waals surface area contributed by atoms with Gasteiger partial charge in [-0.1, -0.05) is 48.5 Å². The number of aliphatic imine (C=N–C) groups is 1. The molecule has 0 bridgehead atoms. The molecular formula is C32H28N4O3S. The molecular weight excluding hydrogens is 520 g/mol. The SMILES string of the molecule is Cc1c(C=Nc2sc3c(c2C(=O)Nc2ccccc2)CCCC3)c2ccccc2n1Cc1ccc([N+](=O)[O-])cc1. The highest BCUT2D eigenvalue weighted by Crippen LogP contribution is 2.40. The van der Waals surface area contributed by atoms with Gasteiger partial charge < -0.3 is 9.88 Å². The summed E-state index contributed by atoms with van der Waals surface area (Å²) >= 11 is 1.62. The zero-order chi connectivity index (χ0) is 27.6. The smallest absolute Gasteiger partial charge is 0.269 e. The molecule has 2 heterocycles. The van der Waals surface area contributed by atoms with Crippen molar-refractivity contribution in [2.75, 3.05) is 5.32 Å². The number of para-hydroxylation sites is 2. The molecule has 0 aliphatic heterocycles. The Hall–Kier alpha value is -4.56. The Morgan fingerprint density at radius 3 is 2.52 bits per heavy atom. The first-order valence-electron chi connectivity index (χ1n) is 13.4. The third-order valence-electron chi connectivity index (χ3n) is 7.49. The number of rotatable bonds is 7. The second-order valence-electron chi connectivity index (χ2n) is 10.00. The Kier molecular flexibility index (Phi) is 7.00. The average molecular weight is 549 g/mol. The van der Waals surface area contributed by atoms with Crippen molar-refractivity contribution >= 4 is 50.7 Å². The quantitative estimate of drug-likeness (QED) is 0.128. The van der Waals surface area contributed by atoms with Crippen molar-refractivity contribution in [3.63, 3.8) is 0 Å². The molecule has 8 heteroatoms. The monoisotopic (exact) mass is 548 g/mol. The van der Waals surface area contributed by atoms with E-state index in [4.69, 9.17) is 4.99 Å². The van der Waals surface area contributed by atoms with Crippen LogP contribution in [0.2, 0.25) is 0 Å². The molecule has 1 amide bonds. The van der Waals surface area contributed by atoms with Crippen LogP contribution in [0.5, 0.6) is 0 Å². The van der Waals surface area contributed by atoms with Crippen LogP contribution in [-0.4, -0.2) is 21.6 Å². The van der Waals surface area contributed by atoms with Crippen LogP contribution in [-0.2, 0) is 19.4 Å². The molecule has 6 rings (SSSR count). The van der Waals surface area contributed by atoms with Gasteiger partial charge in [-0.15, -0.1) is 11.3 Å². The predicted molar refractivity (Wildman–Crippen MR) is 161 cm³/mol. The Bertz CT molecular complexity index is 1750. The van der Waals surface area contributed by atoms with Crippen molar-refractivity contribution < 1.29 is 9.72 Å². The minimum absolute atomic E-state index is 0.0800. The van der Waals surface area contributed by atoms with Gasteiger partial charge in [0.1, 0.15) is 5.00 Å². The number of hydrogen-bond donors (Lipinski definition) is 1. The van der Waals surface area contributed by atoms with Gasteiger partial charge in [0.05, 0.1) is 10.5 Å². The van der Waals surface area contributed by atoms with Gasteiger partial charge in [-0.05, 0) is 61.9 Å². The number of nitro groups is 1. The van der Waals surface area contributed by atoms with E-state index in [0.717, 1.165) is 69.7 Å². The molecule has 0 unspecified atom stereocenters. The third-order valence-corrected chi connectivity index (χ3v) is 8.69. The van der Waals surface area contributed by atoms with E-state index in [-0.39, 0.29) is 16.5 Å². The number of aromatic nitrogens is 1. The maximum atomic E-state index is 13.5. The number of carbonyl (C=O) groups excluding carboxylic acids is 1. The van der Waals surface area contributed by atoms with Gasteiger partial charge >= 0.3 is 0 Å². The van der Waals surface area contributed by atoms with Crippen LogP contribution in [0.25, 0.3) is 10.9 Å². The molecule has 0 fully saturated rings. The lowest BCUT2D eigenvalue weighted by Gasteiger charge is -2.12. The minimum Gasteiger partial charge on any atom is -0.340 e. The summed E-state index contributed by atoms with van der Waals surface area (Å²) in [5, 5.41) is 16.0. The highest BCUT2D eigenvalue weighted by atomic mass is 32.1. The molecule has 2 aromatic heterocycles. The number of carbonyl (C=O) groups is 1. The van der Waals surface area contributed by atoms with Crippen molar-refractivity contribution in [3.05, 3.63) is 122 Å². The lowest BCUT2D eigenvalue weighted by atomic mass is 9.95. The van der Waals surface area contributed by atoms with Crippen LogP contribution in [0.15, 0.2) is 83.9 Å². The zero-order valence-electron chi connectivity index (χ0n) is 22.1. The summed E-state index contributed by atoms with van der Waals surface area (Å²) in [5.74, 6) is -0.116. The minimum atomic E-state index is -0.383. The van der Waals surface area contributed by atoms with Crippen LogP contribution < -0.4 is 5.32 Å². The van der Waals surface area contributed by atoms with E-state index >= 15 is 0 Å². The second-order valence-corrected chi connectivity index (χ2v) is 11.1. The first-order chi connectivity index (χ1) is 19.5. The summed E-state index contributed by atoms with van der Waals surface area (Å²) in [5.41, 5.74) is 6.75. The molecule has 0 saturated carbocycles. The van der Waals surface area contributed by atoms with E-state index in [2.05, 4.69) is 28.9 Å². The fraction of sp³-hybridized carbons (Fsp3) is 0.188. The summed E-state index contributed by atoms with van der Waals surface area (Å²) in [6, 6.07) is 24.4. The second kappa shape index (κ2) is 10.9. The normalized spacial score (nSPS) is 13.0. The van der Waals surface area contributed by atoms with Crippen LogP contribution >= 0.6 is 11.3 Å². The maximum absolute atomic E-state index is 13.5. The number of non-ortho nitro benzene ring substituents is 1. The topological polar surface area (TPSA) is 89.5 Å². The van der Waals surface area contributed by atoms with Crippen molar-refractivity contribution in [2.24, 2.45) is 4.99 Å². The number of thiophene rings is 1. The summed E-state index contributed by atoms with van der Waals surface area (Å²) in [4.78, 5) is 30.4. The molecule has 200 valence electrons. The highest BCUT2D eigenvalue weighted by molar-refractivity contribution is 7.16. The van der Waals surface area contributed by atoms with Gasteiger partial charge in [0.15, 0.2) is 0 Å². The van der Waals surface area contributed by atoms with Crippen molar-refractivity contribution in [3.8, 4) is 0 Å². The van der Waals surface area contributed by atoms with Gasteiger partial charge in [-0.25, -0.2) is 4.99 Å². The van der Waals surface area contributed by atoms with Gasteiger partial charge in [-0.3, -0.25) is 14.9 Å². The van der Waals surface area contributed by atoms with Gasteiger partial charge in [-0.2, -0.15) is 0 Å². The van der Waals surface area contributed by atoms with E-state index < -0.39 is 0 Å². The number of fused-ring (bicyclic) bond motifs is 2. The summed E-state index contributed by atoms with van der Waals surface area (Å²) in [7, 11) is 0. The fourth-order valence-corrected chi connectivity index (χ4v) is 6.68. The van der Waals surface area contributed by atoms with Gasteiger partial charge in [0.25, 0.3) is 11.6 Å². The fourth-order valence-electron chi connectivity index (χ4n) is 5.44. The highest BCUT2D eigenvalue weighted by Gasteiger charge is 2.25. The Balaban J connectivity index is 1.37. The summed E-state index contributed by atoms with van der Waals surface area (Å²) < 4.78 is 2.21. The number of amides is 1. The molecule has 1 N–H and O–H groups in total. The Morgan fingerprint density at radius 1 is 1.02 bits per heavy atom. The standard InChI is InChI=1S/C32H28N4O3S/c1-21-27(25-11-5-7-13-28(25)35(21)20-22-15-17-24(18-16-22)36(38)39)19-33-32-30(26-12-6-8-14-29(26)40-32)31(37)34-23-9-3-2-4-10-23/h2-5,7,9-11,13,15-19H,6,8,12,14,20H2,1H3,(H,34,37). The van der Waals surface area contributed by atoms with E-state index in [1.54, 1.807) is 35.6 Å². The lowest BCUT2D eigenvalue weighted by Crippen LogP contribution is -2.14. The third kappa shape index (κ3) is 4.94. The van der Waals surface area contributed by atoms with Crippen LogP contribution in [0.4, 0.5) is 16.4 Å². The predicted octanol–water partition coefficient (Wildman–Crippen LogP) is 7.85. The molecule has 3 aromatic carbocycles. The van der Waals surface area contributed by atoms with Crippen LogP contribution in [0.3, 0.4) is 0 Å². The zero-order valence-corrected chi connectivity index (χ0v) is 22.9. The Morgan fingerprint density at radius 2 is 1.75 bits per heavy atom. The summed E-state index contributed by atoms with van der Waals surface area (Å²) in [6.07, 6.45) is 5.97. The molecule has 0 saturated heterocycles. The molecule has 0 radical (unpaired) electrons. The van der Waals surface area contributed by atoms with E-state index in [1.807, 2.05) is 48.7 Å². The molecule has 5 aromatic rings. The largest absolute Gasteiger partial charge is 0.340 e. The first kappa shape index (κ1) is 25.7. The average Bonchev–Trinajstić information content (AvgIpc) is 3.47. The number of nitro benzene ring substituents is 1. The molecule has 1 aliphatic carbocycles. The first-order valence-corrected chi connectivity index (χ1v) is 14.2. The van der Waals surface area contributed by atoms with E-state index in [0.29, 0.717) is 12.1 Å². The molecule has 0 spiro atoms. The number of anilines is 1. The van der Waals surface area contributed by atoms with Gasteiger partial charge in [0, 0.05) is 57.6 Å². The number of nitrogens with zero attached hydrogens (tertiary/aromatic N) is 3. The lowest BCUT2D eigenvalue weighted by molar-refractivity contribution is -0.384. The number of nitrogens with one attached hydrogen (secondary N) is 1. The summed E-state index contributed by atoms with van der Waals surface area (Å²) in [6.45, 7) is 2.64. The molecule has 0 atom stereocenters. The molecule has 40 heavy (non-hydrogen) atoms. The number of aryl methyl sites for hydroxylation is 1. The van der Waals surface area contributed by atoms with E-state index in [9.17, 15) is 14.9 Å². The van der Waals surface area contributed by atoms with Crippen molar-refractivity contribution in [1.29, 1.82) is 0 Å². The van der Waals surface area contributed by atoms with E-state index in [1.165, 1.54) is 4.88 Å². The molecule has 1 aliphatic rings. The Labute approximate surface area is 236 Å². The maximum Gasteiger partial charge on any atom is 0.269 e. The van der Waals surface area contributed by atoms with Crippen molar-refractivity contribution in [1.82, 2.24) is 4.57 Å². The number of benzene rings is 3.